The summed E-state index contributed by atoms with van der Waals surface area (Å²) in [6.07, 6.45) is 10.7. The molecule has 1 N–H and O–H groups in total. The van der Waals surface area contributed by atoms with Crippen molar-refractivity contribution >= 4 is 0 Å². The molecule has 0 radical (unpaired) electrons. The Hall–Kier alpha value is -0.890. The van der Waals surface area contributed by atoms with E-state index in [-0.39, 0.29) is 6.10 Å². The topological polar surface area (TPSA) is 33.1 Å². The largest absolute Gasteiger partial charge is 0.392 e. The Morgan fingerprint density at radius 2 is 1.89 bits per heavy atom. The number of aryl methyl sites for hydroxylation is 1. The SMILES string of the molecule is OC(C1CCCc2cccnc21)C1C2CCCCC21. The zero-order valence-corrected chi connectivity index (χ0v) is 11.5. The average molecular weight is 257 g/mol. The fraction of sp³-hybridized carbons (Fsp3) is 0.706. The van der Waals surface area contributed by atoms with Gasteiger partial charge in [0.2, 0.25) is 0 Å². The maximum absolute atomic E-state index is 10.9. The summed E-state index contributed by atoms with van der Waals surface area (Å²) in [5, 5.41) is 10.9. The summed E-state index contributed by atoms with van der Waals surface area (Å²) in [6.45, 7) is 0. The monoisotopic (exact) mass is 257 g/mol. The highest BCUT2D eigenvalue weighted by Gasteiger charge is 2.55. The van der Waals surface area contributed by atoms with Crippen LogP contribution in [0.3, 0.4) is 0 Å². The number of hydrogen-bond donors (Lipinski definition) is 1. The summed E-state index contributed by atoms with van der Waals surface area (Å²) in [7, 11) is 0. The molecule has 2 saturated carbocycles. The number of rotatable bonds is 2. The molecule has 4 atom stereocenters. The maximum Gasteiger partial charge on any atom is 0.0657 e. The van der Waals surface area contributed by atoms with Gasteiger partial charge < -0.3 is 5.11 Å². The second-order valence-electron chi connectivity index (χ2n) is 6.73. The van der Waals surface area contributed by atoms with Gasteiger partial charge >= 0.3 is 0 Å². The van der Waals surface area contributed by atoms with Gasteiger partial charge in [-0.25, -0.2) is 0 Å². The first-order chi connectivity index (χ1) is 9.36. The first-order valence-corrected chi connectivity index (χ1v) is 7.98. The van der Waals surface area contributed by atoms with Crippen LogP contribution in [0.4, 0.5) is 0 Å². The van der Waals surface area contributed by atoms with Crippen LogP contribution in [-0.4, -0.2) is 16.2 Å². The van der Waals surface area contributed by atoms with Gasteiger partial charge in [-0.05, 0) is 61.5 Å². The molecule has 102 valence electrons. The molecular formula is C17H23NO. The number of aliphatic hydroxyl groups is 1. The number of hydrogen-bond acceptors (Lipinski definition) is 2. The molecule has 0 amide bonds. The third-order valence-electron chi connectivity index (χ3n) is 5.77. The zero-order valence-electron chi connectivity index (χ0n) is 11.5. The third kappa shape index (κ3) is 1.92. The molecule has 0 bridgehead atoms. The minimum atomic E-state index is -0.137. The van der Waals surface area contributed by atoms with Crippen molar-refractivity contribution in [1.82, 2.24) is 4.98 Å². The molecule has 1 heterocycles. The number of fused-ring (bicyclic) bond motifs is 2. The highest BCUT2D eigenvalue weighted by atomic mass is 16.3. The standard InChI is InChI=1S/C17H23NO/c19-17(15-12-7-1-2-8-13(12)15)14-9-3-5-11-6-4-10-18-16(11)14/h4,6,10,12-15,17,19H,1-3,5,7-9H2. The molecule has 3 aliphatic carbocycles. The molecule has 3 aliphatic rings. The molecule has 4 rings (SSSR count). The van der Waals surface area contributed by atoms with E-state index in [0.29, 0.717) is 11.8 Å². The summed E-state index contributed by atoms with van der Waals surface area (Å²) in [5.41, 5.74) is 2.58. The molecule has 2 nitrogen and oxygen atoms in total. The average Bonchev–Trinajstić information content (AvgIpc) is 3.20. The van der Waals surface area contributed by atoms with Crippen LogP contribution in [0.25, 0.3) is 0 Å². The molecule has 2 fully saturated rings. The van der Waals surface area contributed by atoms with Gasteiger partial charge in [-0.1, -0.05) is 18.9 Å². The van der Waals surface area contributed by atoms with Crippen molar-refractivity contribution in [2.45, 2.75) is 57.0 Å². The highest BCUT2D eigenvalue weighted by molar-refractivity contribution is 5.28. The Kier molecular flexibility index (Phi) is 2.87. The fourth-order valence-electron chi connectivity index (χ4n) is 4.80. The van der Waals surface area contributed by atoms with Crippen LogP contribution < -0.4 is 0 Å². The van der Waals surface area contributed by atoms with Crippen LogP contribution in [0.15, 0.2) is 18.3 Å². The molecule has 0 spiro atoms. The molecule has 0 aromatic carbocycles. The predicted octanol–water partition coefficient (Wildman–Crippen LogP) is 3.30. The first-order valence-electron chi connectivity index (χ1n) is 7.98. The number of aliphatic hydroxyl groups excluding tert-OH is 1. The van der Waals surface area contributed by atoms with E-state index >= 15 is 0 Å². The van der Waals surface area contributed by atoms with E-state index in [1.165, 1.54) is 43.4 Å². The van der Waals surface area contributed by atoms with Crippen LogP contribution in [0.5, 0.6) is 0 Å². The van der Waals surface area contributed by atoms with E-state index < -0.39 is 0 Å². The maximum atomic E-state index is 10.9. The van der Waals surface area contributed by atoms with Crippen molar-refractivity contribution in [3.05, 3.63) is 29.6 Å². The molecule has 1 aromatic heterocycles. The van der Waals surface area contributed by atoms with Crippen LogP contribution in [0, 0.1) is 17.8 Å². The number of nitrogens with zero attached hydrogens (tertiary/aromatic N) is 1. The lowest BCUT2D eigenvalue weighted by atomic mass is 9.81. The van der Waals surface area contributed by atoms with E-state index in [0.717, 1.165) is 24.7 Å². The Bertz CT molecular complexity index is 460. The van der Waals surface area contributed by atoms with Crippen molar-refractivity contribution in [1.29, 1.82) is 0 Å². The summed E-state index contributed by atoms with van der Waals surface area (Å²) in [6, 6.07) is 4.23. The molecule has 0 saturated heterocycles. The minimum Gasteiger partial charge on any atom is -0.392 e. The van der Waals surface area contributed by atoms with Gasteiger partial charge in [-0.3, -0.25) is 4.98 Å². The van der Waals surface area contributed by atoms with Gasteiger partial charge in [0.05, 0.1) is 6.10 Å². The summed E-state index contributed by atoms with van der Waals surface area (Å²) < 4.78 is 0. The van der Waals surface area contributed by atoms with Gasteiger partial charge in [0.25, 0.3) is 0 Å². The van der Waals surface area contributed by atoms with Crippen molar-refractivity contribution < 1.29 is 5.11 Å². The number of aromatic nitrogens is 1. The molecule has 2 heteroatoms. The second-order valence-corrected chi connectivity index (χ2v) is 6.73. The van der Waals surface area contributed by atoms with Crippen LogP contribution in [0.1, 0.15) is 55.7 Å². The van der Waals surface area contributed by atoms with Crippen LogP contribution >= 0.6 is 0 Å². The van der Waals surface area contributed by atoms with Crippen LogP contribution in [0.2, 0.25) is 0 Å². The highest BCUT2D eigenvalue weighted by Crippen LogP contribution is 2.59. The normalized spacial score (nSPS) is 38.2. The smallest absolute Gasteiger partial charge is 0.0657 e. The molecular weight excluding hydrogens is 234 g/mol. The Morgan fingerprint density at radius 1 is 1.11 bits per heavy atom. The van der Waals surface area contributed by atoms with E-state index in [9.17, 15) is 5.11 Å². The van der Waals surface area contributed by atoms with Gasteiger partial charge in [-0.2, -0.15) is 0 Å². The quantitative estimate of drug-likeness (QED) is 0.882. The summed E-state index contributed by atoms with van der Waals surface area (Å²) >= 11 is 0. The lowest BCUT2D eigenvalue weighted by Crippen LogP contribution is -2.26. The third-order valence-corrected chi connectivity index (χ3v) is 5.77. The minimum absolute atomic E-state index is 0.137. The van der Waals surface area contributed by atoms with Gasteiger partial charge in [0.1, 0.15) is 0 Å². The Labute approximate surface area is 115 Å². The zero-order chi connectivity index (χ0) is 12.8. The molecule has 0 aliphatic heterocycles. The van der Waals surface area contributed by atoms with Gasteiger partial charge in [0, 0.05) is 17.8 Å². The van der Waals surface area contributed by atoms with E-state index in [4.69, 9.17) is 0 Å². The lowest BCUT2D eigenvalue weighted by Gasteiger charge is -2.28. The van der Waals surface area contributed by atoms with Crippen molar-refractivity contribution in [2.24, 2.45) is 17.8 Å². The number of pyridine rings is 1. The second kappa shape index (κ2) is 4.59. The van der Waals surface area contributed by atoms with E-state index in [1.807, 2.05) is 12.3 Å². The molecule has 19 heavy (non-hydrogen) atoms. The first kappa shape index (κ1) is 11.9. The van der Waals surface area contributed by atoms with Crippen molar-refractivity contribution in [3.63, 3.8) is 0 Å². The van der Waals surface area contributed by atoms with Crippen molar-refractivity contribution in [2.75, 3.05) is 0 Å². The Morgan fingerprint density at radius 3 is 2.68 bits per heavy atom. The van der Waals surface area contributed by atoms with Crippen LogP contribution in [-0.2, 0) is 6.42 Å². The summed E-state index contributed by atoms with van der Waals surface area (Å²) in [5.74, 6) is 2.55. The van der Waals surface area contributed by atoms with Gasteiger partial charge in [0.15, 0.2) is 0 Å². The Balaban J connectivity index is 1.57. The lowest BCUT2D eigenvalue weighted by molar-refractivity contribution is 0.101. The van der Waals surface area contributed by atoms with E-state index in [2.05, 4.69) is 11.1 Å². The summed E-state index contributed by atoms with van der Waals surface area (Å²) in [4.78, 5) is 4.59. The molecule has 1 aromatic rings. The van der Waals surface area contributed by atoms with Gasteiger partial charge in [-0.15, -0.1) is 0 Å². The predicted molar refractivity (Wildman–Crippen MR) is 74.9 cm³/mol. The molecule has 4 unspecified atom stereocenters. The van der Waals surface area contributed by atoms with E-state index in [1.54, 1.807) is 0 Å². The fourth-order valence-corrected chi connectivity index (χ4v) is 4.80. The van der Waals surface area contributed by atoms with Crippen molar-refractivity contribution in [3.8, 4) is 0 Å².